The SMILES string of the molecule is COc1ccc(C(O)c2cc(C)c(C)cc2Cl)cc1OC. The van der Waals surface area contributed by atoms with Gasteiger partial charge in [-0.2, -0.15) is 0 Å². The van der Waals surface area contributed by atoms with Gasteiger partial charge in [-0.25, -0.2) is 0 Å². The highest BCUT2D eigenvalue weighted by Crippen LogP contribution is 2.35. The molecule has 112 valence electrons. The average molecular weight is 307 g/mol. The number of rotatable bonds is 4. The van der Waals surface area contributed by atoms with E-state index in [2.05, 4.69) is 0 Å². The number of aryl methyl sites for hydroxylation is 2. The van der Waals surface area contributed by atoms with Crippen molar-refractivity contribution < 1.29 is 14.6 Å². The van der Waals surface area contributed by atoms with Crippen molar-refractivity contribution in [3.63, 3.8) is 0 Å². The molecule has 0 aliphatic rings. The summed E-state index contributed by atoms with van der Waals surface area (Å²) in [7, 11) is 3.14. The quantitative estimate of drug-likeness (QED) is 0.926. The Bertz CT molecular complexity index is 653. The maximum absolute atomic E-state index is 10.6. The second-order valence-corrected chi connectivity index (χ2v) is 5.38. The molecule has 0 amide bonds. The number of ether oxygens (including phenoxy) is 2. The summed E-state index contributed by atoms with van der Waals surface area (Å²) in [5, 5.41) is 11.1. The molecule has 0 bridgehead atoms. The molecule has 0 aromatic heterocycles. The lowest BCUT2D eigenvalue weighted by Crippen LogP contribution is -2.03. The fourth-order valence-corrected chi connectivity index (χ4v) is 2.54. The molecule has 3 nitrogen and oxygen atoms in total. The first-order chi connectivity index (χ1) is 9.97. The summed E-state index contributed by atoms with van der Waals surface area (Å²) in [5.41, 5.74) is 3.59. The van der Waals surface area contributed by atoms with Gasteiger partial charge >= 0.3 is 0 Å². The van der Waals surface area contributed by atoms with Crippen LogP contribution in [-0.2, 0) is 0 Å². The van der Waals surface area contributed by atoms with Gasteiger partial charge in [0, 0.05) is 10.6 Å². The van der Waals surface area contributed by atoms with Crippen molar-refractivity contribution in [2.75, 3.05) is 14.2 Å². The monoisotopic (exact) mass is 306 g/mol. The normalized spacial score (nSPS) is 12.1. The lowest BCUT2D eigenvalue weighted by Gasteiger charge is -2.17. The number of aliphatic hydroxyl groups is 1. The summed E-state index contributed by atoms with van der Waals surface area (Å²) in [6, 6.07) is 9.12. The summed E-state index contributed by atoms with van der Waals surface area (Å²) < 4.78 is 10.5. The zero-order chi connectivity index (χ0) is 15.6. The van der Waals surface area contributed by atoms with E-state index < -0.39 is 6.10 Å². The van der Waals surface area contributed by atoms with E-state index in [0.29, 0.717) is 27.6 Å². The molecule has 0 aliphatic carbocycles. The fraction of sp³-hybridized carbons (Fsp3) is 0.294. The van der Waals surface area contributed by atoms with E-state index in [1.807, 2.05) is 26.0 Å². The fourth-order valence-electron chi connectivity index (χ4n) is 2.22. The second kappa shape index (κ2) is 6.37. The summed E-state index contributed by atoms with van der Waals surface area (Å²) >= 11 is 6.26. The minimum Gasteiger partial charge on any atom is -0.493 e. The molecular formula is C17H19ClO3. The lowest BCUT2D eigenvalue weighted by molar-refractivity contribution is 0.219. The maximum atomic E-state index is 10.6. The van der Waals surface area contributed by atoms with Gasteiger partial charge in [0.05, 0.1) is 14.2 Å². The van der Waals surface area contributed by atoms with Crippen molar-refractivity contribution in [1.82, 2.24) is 0 Å². The van der Waals surface area contributed by atoms with Crippen LogP contribution in [0.4, 0.5) is 0 Å². The molecule has 21 heavy (non-hydrogen) atoms. The molecular weight excluding hydrogens is 288 g/mol. The number of hydrogen-bond acceptors (Lipinski definition) is 3. The molecule has 0 radical (unpaired) electrons. The maximum Gasteiger partial charge on any atom is 0.161 e. The Labute approximate surface area is 130 Å². The van der Waals surface area contributed by atoms with E-state index in [1.165, 1.54) is 0 Å². The molecule has 0 saturated heterocycles. The van der Waals surface area contributed by atoms with Gasteiger partial charge < -0.3 is 14.6 Å². The van der Waals surface area contributed by atoms with E-state index in [1.54, 1.807) is 32.4 Å². The summed E-state index contributed by atoms with van der Waals surface area (Å²) in [6.45, 7) is 3.99. The zero-order valence-electron chi connectivity index (χ0n) is 12.6. The molecule has 2 aromatic carbocycles. The first kappa shape index (κ1) is 15.7. The summed E-state index contributed by atoms with van der Waals surface area (Å²) in [6.07, 6.45) is -0.809. The Hall–Kier alpha value is -1.71. The number of methoxy groups -OCH3 is 2. The zero-order valence-corrected chi connectivity index (χ0v) is 13.4. The van der Waals surface area contributed by atoms with Crippen LogP contribution in [0.3, 0.4) is 0 Å². The van der Waals surface area contributed by atoms with Gasteiger partial charge in [0.2, 0.25) is 0 Å². The lowest BCUT2D eigenvalue weighted by atomic mass is 9.97. The third-order valence-corrected chi connectivity index (χ3v) is 3.96. The van der Waals surface area contributed by atoms with Gasteiger partial charge in [-0.05, 0) is 48.7 Å². The Morgan fingerprint density at radius 1 is 0.952 bits per heavy atom. The van der Waals surface area contributed by atoms with Crippen LogP contribution in [0, 0.1) is 13.8 Å². The van der Waals surface area contributed by atoms with Crippen molar-refractivity contribution in [1.29, 1.82) is 0 Å². The third kappa shape index (κ3) is 3.14. The number of benzene rings is 2. The Balaban J connectivity index is 2.45. The molecule has 0 heterocycles. The highest BCUT2D eigenvalue weighted by atomic mass is 35.5. The molecule has 4 heteroatoms. The van der Waals surface area contributed by atoms with E-state index >= 15 is 0 Å². The molecule has 1 atom stereocenters. The van der Waals surface area contributed by atoms with Crippen LogP contribution in [-0.4, -0.2) is 19.3 Å². The highest BCUT2D eigenvalue weighted by molar-refractivity contribution is 6.31. The van der Waals surface area contributed by atoms with Gasteiger partial charge in [0.25, 0.3) is 0 Å². The average Bonchev–Trinajstić information content (AvgIpc) is 2.49. The third-order valence-electron chi connectivity index (χ3n) is 3.63. The van der Waals surface area contributed by atoms with E-state index in [0.717, 1.165) is 11.1 Å². The number of aliphatic hydroxyl groups excluding tert-OH is 1. The van der Waals surface area contributed by atoms with Gasteiger partial charge in [-0.1, -0.05) is 23.7 Å². The minimum atomic E-state index is -0.809. The summed E-state index contributed by atoms with van der Waals surface area (Å²) in [4.78, 5) is 0. The molecule has 1 unspecified atom stereocenters. The van der Waals surface area contributed by atoms with Crippen LogP contribution < -0.4 is 9.47 Å². The van der Waals surface area contributed by atoms with Crippen molar-refractivity contribution in [3.05, 3.63) is 57.6 Å². The van der Waals surface area contributed by atoms with Crippen LogP contribution >= 0.6 is 11.6 Å². The van der Waals surface area contributed by atoms with Crippen LogP contribution in [0.25, 0.3) is 0 Å². The van der Waals surface area contributed by atoms with Crippen LogP contribution in [0.5, 0.6) is 11.5 Å². The predicted molar refractivity (Wildman–Crippen MR) is 84.5 cm³/mol. The Kier molecular flexibility index (Phi) is 4.76. The van der Waals surface area contributed by atoms with Crippen molar-refractivity contribution in [2.24, 2.45) is 0 Å². The van der Waals surface area contributed by atoms with E-state index in [-0.39, 0.29) is 0 Å². The standard InChI is InChI=1S/C17H19ClO3/c1-10-7-13(14(18)8-11(10)2)17(19)12-5-6-15(20-3)16(9-12)21-4/h5-9,17,19H,1-4H3. The molecule has 2 rings (SSSR count). The van der Waals surface area contributed by atoms with Crippen LogP contribution in [0.1, 0.15) is 28.4 Å². The first-order valence-electron chi connectivity index (χ1n) is 6.64. The van der Waals surface area contributed by atoms with E-state index in [9.17, 15) is 5.11 Å². The van der Waals surface area contributed by atoms with Gasteiger partial charge in [0.15, 0.2) is 11.5 Å². The largest absolute Gasteiger partial charge is 0.493 e. The first-order valence-corrected chi connectivity index (χ1v) is 7.02. The van der Waals surface area contributed by atoms with Crippen LogP contribution in [0.15, 0.2) is 30.3 Å². The summed E-state index contributed by atoms with van der Waals surface area (Å²) in [5.74, 6) is 1.20. The molecule has 0 aliphatic heterocycles. The minimum absolute atomic E-state index is 0.556. The van der Waals surface area contributed by atoms with Crippen molar-refractivity contribution in [2.45, 2.75) is 20.0 Å². The van der Waals surface area contributed by atoms with Crippen molar-refractivity contribution in [3.8, 4) is 11.5 Å². The smallest absolute Gasteiger partial charge is 0.161 e. The number of halogens is 1. The topological polar surface area (TPSA) is 38.7 Å². The highest BCUT2D eigenvalue weighted by Gasteiger charge is 2.17. The second-order valence-electron chi connectivity index (χ2n) is 4.97. The van der Waals surface area contributed by atoms with Gasteiger partial charge in [0.1, 0.15) is 6.10 Å². The molecule has 0 saturated carbocycles. The van der Waals surface area contributed by atoms with Gasteiger partial charge in [-0.3, -0.25) is 0 Å². The molecule has 0 spiro atoms. The van der Waals surface area contributed by atoms with E-state index in [4.69, 9.17) is 21.1 Å². The number of hydrogen-bond donors (Lipinski definition) is 1. The molecule has 1 N–H and O–H groups in total. The van der Waals surface area contributed by atoms with Crippen molar-refractivity contribution >= 4 is 11.6 Å². The Morgan fingerprint density at radius 3 is 2.19 bits per heavy atom. The predicted octanol–water partition coefficient (Wildman–Crippen LogP) is 4.06. The van der Waals surface area contributed by atoms with Crippen LogP contribution in [0.2, 0.25) is 5.02 Å². The Morgan fingerprint density at radius 2 is 1.57 bits per heavy atom. The molecule has 0 fully saturated rings. The molecule has 2 aromatic rings. The van der Waals surface area contributed by atoms with Gasteiger partial charge in [-0.15, -0.1) is 0 Å².